The van der Waals surface area contributed by atoms with Crippen molar-refractivity contribution < 1.29 is 14.3 Å². The van der Waals surface area contributed by atoms with Crippen LogP contribution in [0.15, 0.2) is 47.5 Å². The predicted molar refractivity (Wildman–Crippen MR) is 129 cm³/mol. The lowest BCUT2D eigenvalue weighted by Gasteiger charge is -2.38. The average Bonchev–Trinajstić information content (AvgIpc) is 3.44. The second-order valence-corrected chi connectivity index (χ2v) is 9.12. The number of benzene rings is 1. The Hall–Kier alpha value is -2.80. The number of thiophene rings is 1. The van der Waals surface area contributed by atoms with Crippen LogP contribution < -0.4 is 9.64 Å². The minimum Gasteiger partial charge on any atom is -0.495 e. The maximum Gasteiger partial charge on any atom is 0.277 e. The maximum absolute atomic E-state index is 13.4. The smallest absolute Gasteiger partial charge is 0.277 e. The molecule has 1 aromatic heterocycles. The Balaban J connectivity index is 1.54. The van der Waals surface area contributed by atoms with E-state index in [1.165, 1.54) is 16.2 Å². The number of para-hydroxylation sites is 2. The quantitative estimate of drug-likeness (QED) is 0.420. The van der Waals surface area contributed by atoms with Crippen molar-refractivity contribution >= 4 is 34.4 Å². The Morgan fingerprint density at radius 2 is 1.66 bits per heavy atom. The molecule has 32 heavy (non-hydrogen) atoms. The normalized spacial score (nSPS) is 17.0. The van der Waals surface area contributed by atoms with Gasteiger partial charge in [0.15, 0.2) is 0 Å². The number of rotatable bonds is 9. The number of carbonyl (C=O) groups excluding carboxylic acids is 2. The van der Waals surface area contributed by atoms with Gasteiger partial charge in [0.25, 0.3) is 11.8 Å². The van der Waals surface area contributed by atoms with Crippen LogP contribution >= 0.6 is 11.3 Å². The van der Waals surface area contributed by atoms with Crippen molar-refractivity contribution in [3.63, 3.8) is 0 Å². The van der Waals surface area contributed by atoms with Crippen LogP contribution in [0.25, 0.3) is 5.57 Å². The van der Waals surface area contributed by atoms with Gasteiger partial charge in [-0.25, -0.2) is 0 Å². The van der Waals surface area contributed by atoms with Crippen LogP contribution in [0.2, 0.25) is 0 Å². The standard InChI is InChI=1S/C25H31N3O3S/c1-3-4-5-8-13-28-24(29)22(21-12-9-18-32-21)23(25(28)30)27-16-14-26(15-17-27)19-10-6-7-11-20(19)31-2/h6-7,9-12,18H,3-5,8,13-17H2,1-2H3. The van der Waals surface area contributed by atoms with Crippen LogP contribution in [0.4, 0.5) is 5.69 Å². The molecule has 7 heteroatoms. The molecule has 0 saturated carbocycles. The Morgan fingerprint density at radius 1 is 0.906 bits per heavy atom. The minimum atomic E-state index is -0.142. The monoisotopic (exact) mass is 453 g/mol. The Bertz CT molecular complexity index is 978. The highest BCUT2D eigenvalue weighted by Crippen LogP contribution is 2.35. The zero-order valence-corrected chi connectivity index (χ0v) is 19.7. The van der Waals surface area contributed by atoms with Crippen molar-refractivity contribution in [1.82, 2.24) is 9.80 Å². The predicted octanol–water partition coefficient (Wildman–Crippen LogP) is 4.24. The number of hydrogen-bond acceptors (Lipinski definition) is 6. The second-order valence-electron chi connectivity index (χ2n) is 8.17. The molecule has 2 aliphatic heterocycles. The zero-order chi connectivity index (χ0) is 22.5. The first kappa shape index (κ1) is 22.4. The fourth-order valence-electron chi connectivity index (χ4n) is 4.46. The van der Waals surface area contributed by atoms with Gasteiger partial charge in [0, 0.05) is 37.6 Å². The SMILES string of the molecule is CCCCCCN1C(=O)C(c2cccs2)=C(N2CCN(c3ccccc3OC)CC2)C1=O. The molecule has 0 radical (unpaired) electrons. The fourth-order valence-corrected chi connectivity index (χ4v) is 5.22. The lowest BCUT2D eigenvalue weighted by Crippen LogP contribution is -2.47. The Labute approximate surface area is 194 Å². The number of methoxy groups -OCH3 is 1. The first-order valence-electron chi connectivity index (χ1n) is 11.4. The highest BCUT2D eigenvalue weighted by Gasteiger charge is 2.42. The van der Waals surface area contributed by atoms with Crippen molar-refractivity contribution in [2.75, 3.05) is 44.7 Å². The summed E-state index contributed by atoms with van der Waals surface area (Å²) in [5, 5.41) is 1.96. The Morgan fingerprint density at radius 3 is 2.34 bits per heavy atom. The maximum atomic E-state index is 13.4. The van der Waals surface area contributed by atoms with Crippen LogP contribution in [0, 0.1) is 0 Å². The summed E-state index contributed by atoms with van der Waals surface area (Å²) in [4.78, 5) is 33.4. The number of anilines is 1. The summed E-state index contributed by atoms with van der Waals surface area (Å²) in [5.74, 6) is 0.571. The molecule has 0 aliphatic carbocycles. The molecule has 2 aliphatic rings. The molecule has 1 aromatic carbocycles. The van der Waals surface area contributed by atoms with Gasteiger partial charge in [-0.15, -0.1) is 11.3 Å². The molecular weight excluding hydrogens is 422 g/mol. The molecule has 1 saturated heterocycles. The third kappa shape index (κ3) is 4.39. The van der Waals surface area contributed by atoms with Crippen LogP contribution in [0.1, 0.15) is 37.5 Å². The van der Waals surface area contributed by atoms with E-state index in [0.29, 0.717) is 30.9 Å². The third-order valence-electron chi connectivity index (χ3n) is 6.17. The van der Waals surface area contributed by atoms with Gasteiger partial charge in [0.05, 0.1) is 18.4 Å². The third-order valence-corrected chi connectivity index (χ3v) is 7.06. The molecule has 3 heterocycles. The molecule has 0 unspecified atom stereocenters. The van der Waals surface area contributed by atoms with Crippen molar-refractivity contribution in [3.05, 3.63) is 52.4 Å². The van der Waals surface area contributed by atoms with Gasteiger partial charge in [-0.2, -0.15) is 0 Å². The van der Waals surface area contributed by atoms with Gasteiger partial charge >= 0.3 is 0 Å². The number of imide groups is 1. The lowest BCUT2D eigenvalue weighted by molar-refractivity contribution is -0.137. The molecule has 0 N–H and O–H groups in total. The van der Waals surface area contributed by atoms with Gasteiger partial charge in [-0.05, 0) is 30.0 Å². The van der Waals surface area contributed by atoms with Crippen LogP contribution in [0.5, 0.6) is 5.75 Å². The van der Waals surface area contributed by atoms with Gasteiger partial charge < -0.3 is 14.5 Å². The van der Waals surface area contributed by atoms with E-state index in [0.717, 1.165) is 55.1 Å². The van der Waals surface area contributed by atoms with Crippen molar-refractivity contribution in [1.29, 1.82) is 0 Å². The van der Waals surface area contributed by atoms with E-state index in [1.54, 1.807) is 7.11 Å². The topological polar surface area (TPSA) is 53.1 Å². The van der Waals surface area contributed by atoms with E-state index < -0.39 is 0 Å². The van der Waals surface area contributed by atoms with Gasteiger partial charge in [-0.1, -0.05) is 44.4 Å². The molecule has 0 spiro atoms. The van der Waals surface area contributed by atoms with Gasteiger partial charge in [-0.3, -0.25) is 14.5 Å². The number of carbonyl (C=O) groups is 2. The van der Waals surface area contributed by atoms with Crippen LogP contribution in [-0.4, -0.2) is 61.4 Å². The summed E-state index contributed by atoms with van der Waals surface area (Å²) in [5.41, 5.74) is 2.22. The largest absolute Gasteiger partial charge is 0.495 e. The molecule has 2 aromatic rings. The van der Waals surface area contributed by atoms with E-state index in [4.69, 9.17) is 4.74 Å². The van der Waals surface area contributed by atoms with E-state index in [1.807, 2.05) is 35.7 Å². The molecule has 170 valence electrons. The number of hydrogen-bond donors (Lipinski definition) is 0. The summed E-state index contributed by atoms with van der Waals surface area (Å²) >= 11 is 1.52. The molecule has 4 rings (SSSR count). The lowest BCUT2D eigenvalue weighted by atomic mass is 10.1. The minimum absolute atomic E-state index is 0.138. The number of nitrogens with zero attached hydrogens (tertiary/aromatic N) is 3. The molecule has 2 amide bonds. The fraction of sp³-hybridized carbons (Fsp3) is 0.440. The summed E-state index contributed by atoms with van der Waals surface area (Å²) in [6, 6.07) is 11.9. The van der Waals surface area contributed by atoms with Crippen LogP contribution in [-0.2, 0) is 9.59 Å². The summed E-state index contributed by atoms with van der Waals surface area (Å²) in [7, 11) is 1.69. The molecule has 0 bridgehead atoms. The van der Waals surface area contributed by atoms with Crippen molar-refractivity contribution in [3.8, 4) is 5.75 Å². The second kappa shape index (κ2) is 10.2. The molecule has 0 atom stereocenters. The highest BCUT2D eigenvalue weighted by atomic mass is 32.1. The van der Waals surface area contributed by atoms with E-state index >= 15 is 0 Å². The van der Waals surface area contributed by atoms with E-state index in [2.05, 4.69) is 22.8 Å². The summed E-state index contributed by atoms with van der Waals surface area (Å²) < 4.78 is 5.52. The molecule has 6 nitrogen and oxygen atoms in total. The summed E-state index contributed by atoms with van der Waals surface area (Å²) in [6.07, 6.45) is 4.15. The highest BCUT2D eigenvalue weighted by molar-refractivity contribution is 7.11. The number of amides is 2. The summed E-state index contributed by atoms with van der Waals surface area (Å²) in [6.45, 7) is 5.55. The Kier molecular flexibility index (Phi) is 7.15. The first-order chi connectivity index (χ1) is 15.7. The van der Waals surface area contributed by atoms with Crippen molar-refractivity contribution in [2.24, 2.45) is 0 Å². The first-order valence-corrected chi connectivity index (χ1v) is 12.3. The molecule has 1 fully saturated rings. The zero-order valence-electron chi connectivity index (χ0n) is 18.9. The van der Waals surface area contributed by atoms with Gasteiger partial charge in [0.2, 0.25) is 0 Å². The number of unbranched alkanes of at least 4 members (excludes halogenated alkanes) is 3. The van der Waals surface area contributed by atoms with Crippen LogP contribution in [0.3, 0.4) is 0 Å². The average molecular weight is 454 g/mol. The number of piperazine rings is 1. The van der Waals surface area contributed by atoms with Gasteiger partial charge in [0.1, 0.15) is 11.4 Å². The molecular formula is C25H31N3O3S. The van der Waals surface area contributed by atoms with E-state index in [9.17, 15) is 9.59 Å². The van der Waals surface area contributed by atoms with Crippen molar-refractivity contribution in [2.45, 2.75) is 32.6 Å². The number of ether oxygens (including phenoxy) is 1. The van der Waals surface area contributed by atoms with E-state index in [-0.39, 0.29) is 11.8 Å².